The van der Waals surface area contributed by atoms with E-state index in [1.807, 2.05) is 31.2 Å². The van der Waals surface area contributed by atoms with Crippen molar-refractivity contribution in [1.29, 1.82) is 0 Å². The fraction of sp³-hybridized carbons (Fsp3) is 0.211. The molecule has 0 aliphatic heterocycles. The Labute approximate surface area is 145 Å². The second-order valence-corrected chi connectivity index (χ2v) is 5.75. The Morgan fingerprint density at radius 2 is 1.96 bits per heavy atom. The van der Waals surface area contributed by atoms with E-state index >= 15 is 0 Å². The van der Waals surface area contributed by atoms with Gasteiger partial charge in [0, 0.05) is 11.1 Å². The van der Waals surface area contributed by atoms with Gasteiger partial charge in [0.05, 0.1) is 7.11 Å². The Bertz CT molecular complexity index is 872. The van der Waals surface area contributed by atoms with Gasteiger partial charge in [-0.1, -0.05) is 41.1 Å². The molecular weight excluding hydrogens is 318 g/mol. The number of carbonyl (C=O) groups is 1. The van der Waals surface area contributed by atoms with E-state index in [0.29, 0.717) is 23.0 Å². The summed E-state index contributed by atoms with van der Waals surface area (Å²) in [4.78, 5) is 16.7. The van der Waals surface area contributed by atoms with Crippen LogP contribution in [-0.2, 0) is 0 Å². The van der Waals surface area contributed by atoms with Gasteiger partial charge in [0.2, 0.25) is 11.7 Å². The lowest BCUT2D eigenvalue weighted by Gasteiger charge is -2.10. The summed E-state index contributed by atoms with van der Waals surface area (Å²) in [6.45, 7) is 3.81. The SMILES string of the molecule is COc1cccc(C(=O)N[C@H](C)c2nc(-c3ccc(C)cc3)no2)c1. The summed E-state index contributed by atoms with van der Waals surface area (Å²) >= 11 is 0. The summed E-state index contributed by atoms with van der Waals surface area (Å²) in [5.74, 6) is 1.24. The molecule has 6 heteroatoms. The molecule has 1 atom stereocenters. The third-order valence-corrected chi connectivity index (χ3v) is 3.80. The summed E-state index contributed by atoms with van der Waals surface area (Å²) < 4.78 is 10.4. The Balaban J connectivity index is 1.72. The molecule has 1 aromatic heterocycles. The fourth-order valence-electron chi connectivity index (χ4n) is 2.34. The van der Waals surface area contributed by atoms with Crippen LogP contribution in [0.5, 0.6) is 5.75 Å². The summed E-state index contributed by atoms with van der Waals surface area (Å²) in [7, 11) is 1.56. The average molecular weight is 337 g/mol. The zero-order valence-corrected chi connectivity index (χ0v) is 14.3. The predicted molar refractivity (Wildman–Crippen MR) is 93.3 cm³/mol. The van der Waals surface area contributed by atoms with Crippen molar-refractivity contribution in [3.05, 3.63) is 65.5 Å². The number of rotatable bonds is 5. The fourth-order valence-corrected chi connectivity index (χ4v) is 2.34. The van der Waals surface area contributed by atoms with Gasteiger partial charge in [0.15, 0.2) is 0 Å². The summed E-state index contributed by atoms with van der Waals surface area (Å²) in [5.41, 5.74) is 2.53. The quantitative estimate of drug-likeness (QED) is 0.770. The van der Waals surface area contributed by atoms with Crippen LogP contribution in [0, 0.1) is 6.92 Å². The molecule has 0 bridgehead atoms. The summed E-state index contributed by atoms with van der Waals surface area (Å²) in [5, 5.41) is 6.83. The van der Waals surface area contributed by atoms with E-state index in [1.165, 1.54) is 0 Å². The molecule has 3 rings (SSSR count). The van der Waals surface area contributed by atoms with Crippen molar-refractivity contribution >= 4 is 5.91 Å². The molecule has 2 aromatic carbocycles. The molecule has 0 saturated heterocycles. The highest BCUT2D eigenvalue weighted by Gasteiger charge is 2.18. The van der Waals surface area contributed by atoms with E-state index in [0.717, 1.165) is 11.1 Å². The largest absolute Gasteiger partial charge is 0.497 e. The lowest BCUT2D eigenvalue weighted by atomic mass is 10.1. The maximum Gasteiger partial charge on any atom is 0.252 e. The van der Waals surface area contributed by atoms with Crippen LogP contribution in [0.3, 0.4) is 0 Å². The van der Waals surface area contributed by atoms with Crippen molar-refractivity contribution in [3.8, 4) is 17.1 Å². The number of benzene rings is 2. The van der Waals surface area contributed by atoms with Gasteiger partial charge in [-0.25, -0.2) is 0 Å². The minimum absolute atomic E-state index is 0.235. The molecule has 0 spiro atoms. The Hall–Kier alpha value is -3.15. The molecule has 0 fully saturated rings. The van der Waals surface area contributed by atoms with Gasteiger partial charge >= 0.3 is 0 Å². The molecule has 1 N–H and O–H groups in total. The number of hydrogen-bond acceptors (Lipinski definition) is 5. The predicted octanol–water partition coefficient (Wildman–Crippen LogP) is 3.54. The highest BCUT2D eigenvalue weighted by atomic mass is 16.5. The molecule has 128 valence electrons. The van der Waals surface area contributed by atoms with Crippen LogP contribution in [0.25, 0.3) is 11.4 Å². The number of amides is 1. The zero-order valence-electron chi connectivity index (χ0n) is 14.3. The lowest BCUT2D eigenvalue weighted by molar-refractivity contribution is 0.0932. The molecule has 6 nitrogen and oxygen atoms in total. The average Bonchev–Trinajstić information content (AvgIpc) is 3.12. The lowest BCUT2D eigenvalue weighted by Crippen LogP contribution is -2.26. The van der Waals surface area contributed by atoms with Crippen LogP contribution in [0.4, 0.5) is 0 Å². The van der Waals surface area contributed by atoms with Crippen molar-refractivity contribution in [2.75, 3.05) is 7.11 Å². The Morgan fingerprint density at radius 3 is 2.68 bits per heavy atom. The molecule has 3 aromatic rings. The second kappa shape index (κ2) is 7.17. The van der Waals surface area contributed by atoms with E-state index in [2.05, 4.69) is 15.5 Å². The first-order valence-electron chi connectivity index (χ1n) is 7.92. The van der Waals surface area contributed by atoms with Crippen LogP contribution in [0.15, 0.2) is 53.1 Å². The van der Waals surface area contributed by atoms with E-state index in [-0.39, 0.29) is 5.91 Å². The second-order valence-electron chi connectivity index (χ2n) is 5.75. The third-order valence-electron chi connectivity index (χ3n) is 3.80. The molecule has 0 aliphatic carbocycles. The van der Waals surface area contributed by atoms with Crippen LogP contribution in [0.1, 0.15) is 34.8 Å². The molecule has 0 saturated carbocycles. The number of aryl methyl sites for hydroxylation is 1. The first-order chi connectivity index (χ1) is 12.1. The van der Waals surface area contributed by atoms with Crippen molar-refractivity contribution in [2.45, 2.75) is 19.9 Å². The minimum Gasteiger partial charge on any atom is -0.497 e. The van der Waals surface area contributed by atoms with Crippen LogP contribution >= 0.6 is 0 Å². The number of hydrogen-bond donors (Lipinski definition) is 1. The van der Waals surface area contributed by atoms with E-state index < -0.39 is 6.04 Å². The first-order valence-corrected chi connectivity index (χ1v) is 7.92. The van der Waals surface area contributed by atoms with Gasteiger partial charge in [-0.3, -0.25) is 4.79 Å². The Kier molecular flexibility index (Phi) is 4.79. The topological polar surface area (TPSA) is 77.2 Å². The van der Waals surface area contributed by atoms with Crippen LogP contribution in [-0.4, -0.2) is 23.2 Å². The molecule has 0 aliphatic rings. The van der Waals surface area contributed by atoms with Crippen molar-refractivity contribution in [1.82, 2.24) is 15.5 Å². The Morgan fingerprint density at radius 1 is 1.20 bits per heavy atom. The van der Waals surface area contributed by atoms with Gasteiger partial charge < -0.3 is 14.6 Å². The smallest absolute Gasteiger partial charge is 0.252 e. The molecule has 0 unspecified atom stereocenters. The van der Waals surface area contributed by atoms with Gasteiger partial charge in [-0.15, -0.1) is 0 Å². The first kappa shape index (κ1) is 16.7. The standard InChI is InChI=1S/C19H19N3O3/c1-12-7-9-14(10-8-12)17-21-19(25-22-17)13(2)20-18(23)15-5-4-6-16(11-15)24-3/h4-11,13H,1-3H3,(H,20,23)/t13-/m1/s1. The summed E-state index contributed by atoms with van der Waals surface area (Å²) in [6.07, 6.45) is 0. The van der Waals surface area contributed by atoms with E-state index in [9.17, 15) is 4.79 Å². The monoisotopic (exact) mass is 337 g/mol. The molecule has 25 heavy (non-hydrogen) atoms. The number of aromatic nitrogens is 2. The number of ether oxygens (including phenoxy) is 1. The number of nitrogens with one attached hydrogen (secondary N) is 1. The number of nitrogens with zero attached hydrogens (tertiary/aromatic N) is 2. The van der Waals surface area contributed by atoms with Crippen molar-refractivity contribution < 1.29 is 14.1 Å². The maximum atomic E-state index is 12.4. The molecule has 1 heterocycles. The van der Waals surface area contributed by atoms with Crippen LogP contribution in [0.2, 0.25) is 0 Å². The van der Waals surface area contributed by atoms with E-state index in [1.54, 1.807) is 38.3 Å². The normalized spacial score (nSPS) is 11.8. The summed E-state index contributed by atoms with van der Waals surface area (Å²) in [6, 6.07) is 14.4. The molecule has 0 radical (unpaired) electrons. The van der Waals surface area contributed by atoms with Gasteiger partial charge in [0.1, 0.15) is 11.8 Å². The van der Waals surface area contributed by atoms with Gasteiger partial charge in [0.25, 0.3) is 5.91 Å². The highest BCUT2D eigenvalue weighted by Crippen LogP contribution is 2.20. The number of methoxy groups -OCH3 is 1. The van der Waals surface area contributed by atoms with Crippen molar-refractivity contribution in [3.63, 3.8) is 0 Å². The minimum atomic E-state index is -0.412. The van der Waals surface area contributed by atoms with Crippen molar-refractivity contribution in [2.24, 2.45) is 0 Å². The highest BCUT2D eigenvalue weighted by molar-refractivity contribution is 5.94. The van der Waals surface area contributed by atoms with E-state index in [4.69, 9.17) is 9.26 Å². The van der Waals surface area contributed by atoms with Crippen LogP contribution < -0.4 is 10.1 Å². The maximum absolute atomic E-state index is 12.4. The van der Waals surface area contributed by atoms with Gasteiger partial charge in [-0.05, 0) is 32.0 Å². The molecular formula is C19H19N3O3. The number of carbonyl (C=O) groups excluding carboxylic acids is 1. The van der Waals surface area contributed by atoms with Gasteiger partial charge in [-0.2, -0.15) is 4.98 Å². The zero-order chi connectivity index (χ0) is 17.8. The third kappa shape index (κ3) is 3.85. The molecule has 1 amide bonds.